The van der Waals surface area contributed by atoms with Gasteiger partial charge in [-0.3, -0.25) is 4.79 Å². The molecule has 0 spiro atoms. The third kappa shape index (κ3) is 7.84. The number of carbonyl (C=O) groups excluding carboxylic acids is 1. The summed E-state index contributed by atoms with van der Waals surface area (Å²) in [5, 5.41) is 1.12. The van der Waals surface area contributed by atoms with Crippen LogP contribution >= 0.6 is 23.4 Å². The molecule has 0 bridgehead atoms. The van der Waals surface area contributed by atoms with Gasteiger partial charge >= 0.3 is 0 Å². The first-order valence-electron chi connectivity index (χ1n) is 13.6. The van der Waals surface area contributed by atoms with Crippen LogP contribution in [0.15, 0.2) is 96.2 Å². The Kier molecular flexibility index (Phi) is 9.71. The monoisotopic (exact) mass is 571 g/mol. The Bertz CT molecular complexity index is 1380. The van der Waals surface area contributed by atoms with Crippen molar-refractivity contribution in [3.63, 3.8) is 0 Å². The van der Waals surface area contributed by atoms with Gasteiger partial charge in [0.05, 0.1) is 0 Å². The molecule has 1 amide bonds. The quantitative estimate of drug-likeness (QED) is 0.131. The van der Waals surface area contributed by atoms with Crippen LogP contribution in [0.1, 0.15) is 27.0 Å². The molecule has 40 heavy (non-hydrogen) atoms. The number of piperazine rings is 1. The van der Waals surface area contributed by atoms with Crippen LogP contribution in [0.3, 0.4) is 0 Å². The SMILES string of the molecule is CN1CCN(c2cc(Cl)nc(SCc3ccc(C(=O)N(CCc4ccccc4)Cc4ccccc4)cc3)n2)CC1. The van der Waals surface area contributed by atoms with Crippen LogP contribution in [0, 0.1) is 0 Å². The van der Waals surface area contributed by atoms with Crippen molar-refractivity contribution in [2.24, 2.45) is 0 Å². The molecule has 0 N–H and O–H groups in total. The number of thioether (sulfide) groups is 1. The molecule has 1 aromatic heterocycles. The van der Waals surface area contributed by atoms with Crippen molar-refractivity contribution in [2.45, 2.75) is 23.9 Å². The van der Waals surface area contributed by atoms with Crippen LogP contribution < -0.4 is 4.90 Å². The molecule has 4 aromatic rings. The minimum absolute atomic E-state index is 0.0361. The number of likely N-dealkylation sites (N-methyl/N-ethyl adjacent to an activating group) is 1. The Labute approximate surface area is 246 Å². The number of amides is 1. The molecular weight excluding hydrogens is 538 g/mol. The standard InChI is InChI=1S/C32H34ClN5OS/c1-36-18-20-37(21-19-36)30-22-29(33)34-32(35-30)40-24-27-12-14-28(15-13-27)31(39)38(23-26-10-6-3-7-11-26)17-16-25-8-4-2-5-9-25/h2-15,22H,16-21,23-24H2,1H3. The number of hydrogen-bond acceptors (Lipinski definition) is 6. The van der Waals surface area contributed by atoms with Gasteiger partial charge < -0.3 is 14.7 Å². The second-order valence-corrected chi connectivity index (χ2v) is 11.4. The average molecular weight is 572 g/mol. The number of rotatable bonds is 10. The molecular formula is C32H34ClN5OS. The fraction of sp³-hybridized carbons (Fsp3) is 0.281. The fourth-order valence-electron chi connectivity index (χ4n) is 4.69. The first-order valence-corrected chi connectivity index (χ1v) is 15.0. The van der Waals surface area contributed by atoms with Crippen LogP contribution in [0.5, 0.6) is 0 Å². The Morgan fingerprint density at radius 1 is 0.850 bits per heavy atom. The lowest BCUT2D eigenvalue weighted by molar-refractivity contribution is 0.0745. The predicted molar refractivity (Wildman–Crippen MR) is 164 cm³/mol. The van der Waals surface area contributed by atoms with Crippen LogP contribution in [-0.2, 0) is 18.7 Å². The third-order valence-corrected chi connectivity index (χ3v) is 8.19. The zero-order valence-electron chi connectivity index (χ0n) is 22.7. The predicted octanol–water partition coefficient (Wildman–Crippen LogP) is 6.06. The van der Waals surface area contributed by atoms with Crippen LogP contribution in [0.2, 0.25) is 5.15 Å². The van der Waals surface area contributed by atoms with E-state index >= 15 is 0 Å². The summed E-state index contributed by atoms with van der Waals surface area (Å²) in [6.45, 7) is 5.09. The minimum Gasteiger partial charge on any atom is -0.354 e. The highest BCUT2D eigenvalue weighted by Gasteiger charge is 2.18. The van der Waals surface area contributed by atoms with E-state index in [0.717, 1.165) is 49.5 Å². The summed E-state index contributed by atoms with van der Waals surface area (Å²) in [7, 11) is 2.13. The second-order valence-electron chi connectivity index (χ2n) is 10.1. The van der Waals surface area contributed by atoms with E-state index in [1.54, 1.807) is 11.8 Å². The maximum atomic E-state index is 13.6. The summed E-state index contributed by atoms with van der Waals surface area (Å²) >= 11 is 7.90. The van der Waals surface area contributed by atoms with Gasteiger partial charge in [-0.2, -0.15) is 0 Å². The van der Waals surface area contributed by atoms with Gasteiger partial charge in [0, 0.05) is 56.7 Å². The Morgan fingerprint density at radius 3 is 2.17 bits per heavy atom. The summed E-state index contributed by atoms with van der Waals surface area (Å²) in [6.07, 6.45) is 0.809. The molecule has 0 atom stereocenters. The lowest BCUT2D eigenvalue weighted by Gasteiger charge is -2.33. The summed E-state index contributed by atoms with van der Waals surface area (Å²) < 4.78 is 0. The number of anilines is 1. The van der Waals surface area contributed by atoms with Crippen LogP contribution in [-0.4, -0.2) is 65.4 Å². The zero-order chi connectivity index (χ0) is 27.7. The van der Waals surface area contributed by atoms with E-state index < -0.39 is 0 Å². The number of halogens is 1. The van der Waals surface area contributed by atoms with Crippen molar-refractivity contribution in [3.05, 3.63) is 118 Å². The molecule has 0 radical (unpaired) electrons. The van der Waals surface area contributed by atoms with E-state index in [1.165, 1.54) is 5.56 Å². The van der Waals surface area contributed by atoms with Gasteiger partial charge in [0.25, 0.3) is 5.91 Å². The summed E-state index contributed by atoms with van der Waals surface area (Å²) in [6, 6.07) is 30.2. The summed E-state index contributed by atoms with van der Waals surface area (Å²) in [5.74, 6) is 1.61. The molecule has 3 aromatic carbocycles. The van der Waals surface area contributed by atoms with Gasteiger partial charge in [-0.15, -0.1) is 0 Å². The summed E-state index contributed by atoms with van der Waals surface area (Å²) in [5.41, 5.74) is 4.13. The Balaban J connectivity index is 1.23. The van der Waals surface area contributed by atoms with Crippen molar-refractivity contribution in [1.29, 1.82) is 0 Å². The first-order chi connectivity index (χ1) is 19.5. The fourth-order valence-corrected chi connectivity index (χ4v) is 5.72. The number of hydrogen-bond donors (Lipinski definition) is 0. The second kappa shape index (κ2) is 13.8. The van der Waals surface area contributed by atoms with Gasteiger partial charge in [0.1, 0.15) is 11.0 Å². The lowest BCUT2D eigenvalue weighted by Crippen LogP contribution is -2.44. The van der Waals surface area contributed by atoms with Gasteiger partial charge in [0.15, 0.2) is 5.16 Å². The third-order valence-electron chi connectivity index (χ3n) is 7.07. The van der Waals surface area contributed by atoms with E-state index in [2.05, 4.69) is 46.1 Å². The minimum atomic E-state index is 0.0361. The van der Waals surface area contributed by atoms with Gasteiger partial charge in [-0.25, -0.2) is 9.97 Å². The molecule has 6 nitrogen and oxygen atoms in total. The largest absolute Gasteiger partial charge is 0.354 e. The number of nitrogens with zero attached hydrogens (tertiary/aromatic N) is 5. The van der Waals surface area contributed by atoms with Crippen molar-refractivity contribution < 1.29 is 4.79 Å². The number of carbonyl (C=O) groups is 1. The molecule has 1 fully saturated rings. The van der Waals surface area contributed by atoms with E-state index in [1.807, 2.05) is 71.6 Å². The molecule has 0 unspecified atom stereocenters. The highest BCUT2D eigenvalue weighted by Crippen LogP contribution is 2.25. The van der Waals surface area contributed by atoms with E-state index in [-0.39, 0.29) is 5.91 Å². The van der Waals surface area contributed by atoms with Crippen molar-refractivity contribution in [3.8, 4) is 0 Å². The molecule has 1 aliphatic rings. The van der Waals surface area contributed by atoms with Gasteiger partial charge in [-0.05, 0) is 42.3 Å². The molecule has 5 rings (SSSR count). The topological polar surface area (TPSA) is 52.6 Å². The molecule has 206 valence electrons. The maximum Gasteiger partial charge on any atom is 0.254 e. The molecule has 1 saturated heterocycles. The highest BCUT2D eigenvalue weighted by molar-refractivity contribution is 7.98. The molecule has 2 heterocycles. The lowest BCUT2D eigenvalue weighted by atomic mass is 10.1. The van der Waals surface area contributed by atoms with Crippen molar-refractivity contribution in [2.75, 3.05) is 44.7 Å². The smallest absolute Gasteiger partial charge is 0.254 e. The molecule has 1 aliphatic heterocycles. The highest BCUT2D eigenvalue weighted by atomic mass is 35.5. The van der Waals surface area contributed by atoms with E-state index in [4.69, 9.17) is 16.6 Å². The van der Waals surface area contributed by atoms with E-state index in [9.17, 15) is 4.79 Å². The zero-order valence-corrected chi connectivity index (χ0v) is 24.3. The van der Waals surface area contributed by atoms with E-state index in [0.29, 0.717) is 34.7 Å². The maximum absolute atomic E-state index is 13.6. The normalized spacial score (nSPS) is 13.8. The molecule has 0 saturated carbocycles. The van der Waals surface area contributed by atoms with Crippen molar-refractivity contribution in [1.82, 2.24) is 19.8 Å². The number of benzene rings is 3. The van der Waals surface area contributed by atoms with Crippen LogP contribution in [0.25, 0.3) is 0 Å². The Hall–Kier alpha value is -3.39. The Morgan fingerprint density at radius 2 is 1.50 bits per heavy atom. The molecule has 0 aliphatic carbocycles. The van der Waals surface area contributed by atoms with Gasteiger partial charge in [-0.1, -0.05) is 96.2 Å². The number of aromatic nitrogens is 2. The summed E-state index contributed by atoms with van der Waals surface area (Å²) in [4.78, 5) is 29.3. The van der Waals surface area contributed by atoms with Crippen LogP contribution in [0.4, 0.5) is 5.82 Å². The molecule has 8 heteroatoms. The van der Waals surface area contributed by atoms with Gasteiger partial charge in [0.2, 0.25) is 0 Å². The van der Waals surface area contributed by atoms with Crippen molar-refractivity contribution >= 4 is 35.1 Å². The average Bonchev–Trinajstić information content (AvgIpc) is 2.99. The first kappa shape index (κ1) is 28.1.